The highest BCUT2D eigenvalue weighted by Crippen LogP contribution is 2.23. The van der Waals surface area contributed by atoms with Crippen LogP contribution in [0.2, 0.25) is 0 Å². The Bertz CT molecular complexity index is 1480. The van der Waals surface area contributed by atoms with Crippen molar-refractivity contribution in [2.75, 3.05) is 10.6 Å². The topological polar surface area (TPSA) is 88.9 Å². The number of nitrogens with zero attached hydrogens (tertiary/aromatic N) is 3. The van der Waals surface area contributed by atoms with Crippen LogP contribution < -0.4 is 10.6 Å². The van der Waals surface area contributed by atoms with Gasteiger partial charge in [-0.2, -0.15) is 5.10 Å². The molecule has 0 aliphatic rings. The van der Waals surface area contributed by atoms with Gasteiger partial charge in [-0.25, -0.2) is 4.68 Å². The molecule has 0 radical (unpaired) electrons. The average molecular weight is 460 g/mol. The molecule has 7 heteroatoms. The largest absolute Gasteiger partial charge is 0.322 e. The van der Waals surface area contributed by atoms with Gasteiger partial charge in [0.05, 0.1) is 17.6 Å². The Morgan fingerprint density at radius 3 is 2.06 bits per heavy atom. The molecule has 2 N–H and O–H groups in total. The molecule has 0 spiro atoms. The lowest BCUT2D eigenvalue weighted by atomic mass is 10.1. The van der Waals surface area contributed by atoms with Gasteiger partial charge < -0.3 is 10.6 Å². The van der Waals surface area contributed by atoms with E-state index < -0.39 is 0 Å². The number of benzene rings is 3. The van der Waals surface area contributed by atoms with Gasteiger partial charge >= 0.3 is 0 Å². The number of rotatable bonds is 6. The van der Waals surface area contributed by atoms with Crippen molar-refractivity contribution in [3.8, 4) is 16.9 Å². The van der Waals surface area contributed by atoms with E-state index in [1.807, 2.05) is 48.5 Å². The lowest BCUT2D eigenvalue weighted by molar-refractivity contribution is 0.101. The molecule has 0 bridgehead atoms. The highest BCUT2D eigenvalue weighted by atomic mass is 16.2. The Hall–Kier alpha value is -5.04. The summed E-state index contributed by atoms with van der Waals surface area (Å²) in [4.78, 5) is 29.3. The van der Waals surface area contributed by atoms with Crippen molar-refractivity contribution in [1.29, 1.82) is 0 Å². The van der Waals surface area contributed by atoms with Crippen molar-refractivity contribution < 1.29 is 9.59 Å². The van der Waals surface area contributed by atoms with Gasteiger partial charge in [0.2, 0.25) is 0 Å². The first-order valence-corrected chi connectivity index (χ1v) is 11.0. The van der Waals surface area contributed by atoms with E-state index in [2.05, 4.69) is 20.7 Å². The first-order valence-electron chi connectivity index (χ1n) is 11.0. The molecule has 170 valence electrons. The second-order valence-electron chi connectivity index (χ2n) is 7.77. The van der Waals surface area contributed by atoms with Crippen LogP contribution in [0.25, 0.3) is 16.9 Å². The fourth-order valence-corrected chi connectivity index (χ4v) is 3.70. The fourth-order valence-electron chi connectivity index (χ4n) is 3.70. The zero-order valence-electron chi connectivity index (χ0n) is 18.6. The second-order valence-corrected chi connectivity index (χ2v) is 7.77. The molecule has 0 atom stereocenters. The van der Waals surface area contributed by atoms with Crippen LogP contribution in [-0.2, 0) is 0 Å². The van der Waals surface area contributed by atoms with Crippen LogP contribution in [0, 0.1) is 0 Å². The van der Waals surface area contributed by atoms with E-state index >= 15 is 0 Å². The number of carbonyl (C=O) groups is 2. The van der Waals surface area contributed by atoms with Crippen LogP contribution in [0.4, 0.5) is 11.4 Å². The zero-order chi connectivity index (χ0) is 24.0. The van der Waals surface area contributed by atoms with E-state index in [1.54, 1.807) is 71.8 Å². The lowest BCUT2D eigenvalue weighted by Crippen LogP contribution is -2.14. The van der Waals surface area contributed by atoms with Crippen LogP contribution in [0.5, 0.6) is 0 Å². The number of amides is 2. The molecule has 0 aliphatic heterocycles. The fraction of sp³-hybridized carbons (Fsp3) is 0. The third kappa shape index (κ3) is 4.99. The van der Waals surface area contributed by atoms with E-state index in [1.165, 1.54) is 0 Å². The molecule has 0 aliphatic carbocycles. The Morgan fingerprint density at radius 1 is 0.629 bits per heavy atom. The summed E-state index contributed by atoms with van der Waals surface area (Å²) in [6, 6.07) is 29.5. The summed E-state index contributed by atoms with van der Waals surface area (Å²) in [6.07, 6.45) is 4.86. The molecule has 0 unspecified atom stereocenters. The predicted molar refractivity (Wildman–Crippen MR) is 136 cm³/mol. The smallest absolute Gasteiger partial charge is 0.255 e. The monoisotopic (exact) mass is 459 g/mol. The summed E-state index contributed by atoms with van der Waals surface area (Å²) < 4.78 is 1.81. The van der Waals surface area contributed by atoms with Gasteiger partial charge in [0.25, 0.3) is 11.8 Å². The van der Waals surface area contributed by atoms with Gasteiger partial charge in [-0.15, -0.1) is 0 Å². The second kappa shape index (κ2) is 9.84. The molecule has 5 rings (SSSR count). The minimum atomic E-state index is -0.266. The van der Waals surface area contributed by atoms with Crippen LogP contribution in [0.1, 0.15) is 20.7 Å². The molecule has 2 heterocycles. The number of aromatic nitrogens is 3. The third-order valence-electron chi connectivity index (χ3n) is 5.39. The SMILES string of the molecule is O=C(Nc1cccc(NC(=O)c2cccc(-n3nccc3-c3ccccc3)c2)c1)c1ccncc1. The van der Waals surface area contributed by atoms with Crippen LogP contribution in [-0.4, -0.2) is 26.6 Å². The van der Waals surface area contributed by atoms with Crippen molar-refractivity contribution in [3.05, 3.63) is 127 Å². The maximum atomic E-state index is 13.0. The minimum absolute atomic E-state index is 0.253. The Morgan fingerprint density at radius 2 is 1.31 bits per heavy atom. The normalized spacial score (nSPS) is 10.5. The highest BCUT2D eigenvalue weighted by molar-refractivity contribution is 6.06. The Balaban J connectivity index is 1.33. The molecule has 7 nitrogen and oxygen atoms in total. The van der Waals surface area contributed by atoms with Crippen molar-refractivity contribution >= 4 is 23.2 Å². The van der Waals surface area contributed by atoms with Crippen molar-refractivity contribution in [2.45, 2.75) is 0 Å². The first-order chi connectivity index (χ1) is 17.2. The number of hydrogen-bond acceptors (Lipinski definition) is 4. The number of carbonyl (C=O) groups excluding carboxylic acids is 2. The summed E-state index contributed by atoms with van der Waals surface area (Å²) in [5.74, 6) is -0.519. The molecule has 0 saturated heterocycles. The quantitative estimate of drug-likeness (QED) is 0.354. The van der Waals surface area contributed by atoms with E-state index in [0.29, 0.717) is 22.5 Å². The molecule has 0 fully saturated rings. The molecular formula is C28H21N5O2. The van der Waals surface area contributed by atoms with Crippen molar-refractivity contribution in [1.82, 2.24) is 14.8 Å². The number of hydrogen-bond donors (Lipinski definition) is 2. The van der Waals surface area contributed by atoms with Gasteiger partial charge in [0, 0.05) is 40.5 Å². The highest BCUT2D eigenvalue weighted by Gasteiger charge is 2.12. The summed E-state index contributed by atoms with van der Waals surface area (Å²) in [5.41, 5.74) is 4.87. The molecule has 3 aromatic carbocycles. The maximum Gasteiger partial charge on any atom is 0.255 e. The van der Waals surface area contributed by atoms with Gasteiger partial charge in [-0.1, -0.05) is 42.5 Å². The van der Waals surface area contributed by atoms with Crippen molar-refractivity contribution in [2.24, 2.45) is 0 Å². The average Bonchev–Trinajstić information content (AvgIpc) is 3.40. The first kappa shape index (κ1) is 21.8. The third-order valence-corrected chi connectivity index (χ3v) is 5.39. The van der Waals surface area contributed by atoms with E-state index in [-0.39, 0.29) is 11.8 Å². The molecule has 2 aromatic heterocycles. The van der Waals surface area contributed by atoms with Crippen LogP contribution >= 0.6 is 0 Å². The number of nitrogens with one attached hydrogen (secondary N) is 2. The van der Waals surface area contributed by atoms with Gasteiger partial charge in [0.15, 0.2) is 0 Å². The van der Waals surface area contributed by atoms with Crippen LogP contribution in [0.3, 0.4) is 0 Å². The molecular weight excluding hydrogens is 438 g/mol. The summed E-state index contributed by atoms with van der Waals surface area (Å²) in [7, 11) is 0. The van der Waals surface area contributed by atoms with Crippen molar-refractivity contribution in [3.63, 3.8) is 0 Å². The zero-order valence-corrected chi connectivity index (χ0v) is 18.6. The number of pyridine rings is 1. The van der Waals surface area contributed by atoms with E-state index in [4.69, 9.17) is 0 Å². The van der Waals surface area contributed by atoms with Gasteiger partial charge in [0.1, 0.15) is 0 Å². The number of anilines is 2. The van der Waals surface area contributed by atoms with E-state index in [0.717, 1.165) is 16.9 Å². The molecule has 0 saturated carbocycles. The minimum Gasteiger partial charge on any atom is -0.322 e. The summed E-state index contributed by atoms with van der Waals surface area (Å²) in [6.45, 7) is 0. The summed E-state index contributed by atoms with van der Waals surface area (Å²) in [5, 5.41) is 10.2. The maximum absolute atomic E-state index is 13.0. The van der Waals surface area contributed by atoms with Crippen LogP contribution in [0.15, 0.2) is 116 Å². The molecule has 5 aromatic rings. The van der Waals surface area contributed by atoms with Gasteiger partial charge in [-0.05, 0) is 54.6 Å². The molecule has 2 amide bonds. The van der Waals surface area contributed by atoms with E-state index in [9.17, 15) is 9.59 Å². The predicted octanol–water partition coefficient (Wildman–Crippen LogP) is 5.44. The Labute approximate surface area is 202 Å². The Kier molecular flexibility index (Phi) is 6.13. The van der Waals surface area contributed by atoms with Gasteiger partial charge in [-0.3, -0.25) is 14.6 Å². The lowest BCUT2D eigenvalue weighted by Gasteiger charge is -2.11. The molecule has 35 heavy (non-hydrogen) atoms. The summed E-state index contributed by atoms with van der Waals surface area (Å²) >= 11 is 0. The standard InChI is InChI=1S/C28H21N5O2/c34-27(21-12-15-29-16-13-21)31-23-9-5-10-24(19-23)32-28(35)22-8-4-11-25(18-22)33-26(14-17-30-33)20-6-2-1-3-7-20/h1-19H,(H,31,34)(H,32,35).